The van der Waals surface area contributed by atoms with Gasteiger partial charge in [0.1, 0.15) is 11.6 Å². The summed E-state index contributed by atoms with van der Waals surface area (Å²) in [6, 6.07) is 12.1. The van der Waals surface area contributed by atoms with Crippen LogP contribution in [-0.4, -0.2) is 57.3 Å². The number of rotatable bonds is 6. The molecule has 1 fully saturated rings. The topological polar surface area (TPSA) is 37.2 Å². The van der Waals surface area contributed by atoms with Crippen LogP contribution in [0.25, 0.3) is 0 Å². The van der Waals surface area contributed by atoms with Crippen LogP contribution in [0.3, 0.4) is 0 Å². The highest BCUT2D eigenvalue weighted by Crippen LogP contribution is 2.28. The molecule has 0 aliphatic carbocycles. The molecule has 152 valence electrons. The molecule has 5 nitrogen and oxygen atoms in total. The quantitative estimate of drug-likeness (QED) is 0.641. The number of aryl methyl sites for hydroxylation is 1. The Morgan fingerprint density at radius 1 is 1.00 bits per heavy atom. The van der Waals surface area contributed by atoms with E-state index in [0.717, 1.165) is 49.7 Å². The molecule has 1 aromatic carbocycles. The molecule has 1 aliphatic rings. The van der Waals surface area contributed by atoms with Gasteiger partial charge in [-0.3, -0.25) is 14.6 Å². The standard InChI is InChI=1S/C22H25F2N5/c1-27-21(8-10-26-27)22(20-7-6-18(23)16-25-20)29-14-12-28(13-15-29)11-9-17-4-2-3-5-19(17)24/h2-8,10,16,22H,9,11-15H2,1H3. The zero-order chi connectivity index (χ0) is 20.2. The summed E-state index contributed by atoms with van der Waals surface area (Å²) >= 11 is 0. The average Bonchev–Trinajstić information content (AvgIpc) is 3.15. The van der Waals surface area contributed by atoms with Crippen LogP contribution in [0.2, 0.25) is 0 Å². The maximum absolute atomic E-state index is 13.9. The van der Waals surface area contributed by atoms with E-state index in [1.807, 2.05) is 29.9 Å². The number of aromatic nitrogens is 3. The lowest BCUT2D eigenvalue weighted by molar-refractivity contribution is 0.106. The third-order valence-corrected chi connectivity index (χ3v) is 5.60. The van der Waals surface area contributed by atoms with Crippen molar-refractivity contribution in [1.29, 1.82) is 0 Å². The summed E-state index contributed by atoms with van der Waals surface area (Å²) in [4.78, 5) is 9.06. The summed E-state index contributed by atoms with van der Waals surface area (Å²) in [7, 11) is 1.91. The molecule has 1 atom stereocenters. The van der Waals surface area contributed by atoms with Gasteiger partial charge in [-0.1, -0.05) is 18.2 Å². The normalized spacial score (nSPS) is 16.8. The number of pyridine rings is 1. The fraction of sp³-hybridized carbons (Fsp3) is 0.364. The lowest BCUT2D eigenvalue weighted by Gasteiger charge is -2.39. The van der Waals surface area contributed by atoms with Gasteiger partial charge in [0, 0.05) is 46.0 Å². The van der Waals surface area contributed by atoms with Crippen molar-refractivity contribution >= 4 is 0 Å². The Labute approximate surface area is 169 Å². The number of hydrogen-bond acceptors (Lipinski definition) is 4. The van der Waals surface area contributed by atoms with Gasteiger partial charge >= 0.3 is 0 Å². The Bertz CT molecular complexity index is 932. The summed E-state index contributed by atoms with van der Waals surface area (Å²) in [6.07, 6.45) is 3.75. The van der Waals surface area contributed by atoms with Crippen LogP contribution in [0, 0.1) is 11.6 Å². The Kier molecular flexibility index (Phi) is 5.97. The molecule has 29 heavy (non-hydrogen) atoms. The second-order valence-corrected chi connectivity index (χ2v) is 7.40. The number of piperazine rings is 1. The molecule has 1 saturated heterocycles. The first-order chi connectivity index (χ1) is 14.1. The van der Waals surface area contributed by atoms with Crippen LogP contribution in [0.15, 0.2) is 54.9 Å². The fourth-order valence-electron chi connectivity index (χ4n) is 3.95. The van der Waals surface area contributed by atoms with Gasteiger partial charge in [-0.05, 0) is 36.2 Å². The molecule has 3 aromatic rings. The van der Waals surface area contributed by atoms with Gasteiger partial charge in [0.2, 0.25) is 0 Å². The van der Waals surface area contributed by atoms with Crippen molar-refractivity contribution in [2.45, 2.75) is 12.5 Å². The van der Waals surface area contributed by atoms with Gasteiger partial charge in [0.05, 0.1) is 23.6 Å². The monoisotopic (exact) mass is 397 g/mol. The Morgan fingerprint density at radius 3 is 2.45 bits per heavy atom. The second kappa shape index (κ2) is 8.80. The molecule has 0 radical (unpaired) electrons. The zero-order valence-corrected chi connectivity index (χ0v) is 16.5. The van der Waals surface area contributed by atoms with Gasteiger partial charge in [-0.15, -0.1) is 0 Å². The van der Waals surface area contributed by atoms with Crippen LogP contribution >= 0.6 is 0 Å². The zero-order valence-electron chi connectivity index (χ0n) is 16.5. The lowest BCUT2D eigenvalue weighted by Crippen LogP contribution is -2.48. The highest BCUT2D eigenvalue weighted by Gasteiger charge is 2.29. The molecule has 4 rings (SSSR count). The minimum Gasteiger partial charge on any atom is -0.300 e. The highest BCUT2D eigenvalue weighted by molar-refractivity contribution is 5.22. The van der Waals surface area contributed by atoms with Crippen LogP contribution in [-0.2, 0) is 13.5 Å². The summed E-state index contributed by atoms with van der Waals surface area (Å²) in [6.45, 7) is 4.33. The summed E-state index contributed by atoms with van der Waals surface area (Å²) in [5.74, 6) is -0.472. The highest BCUT2D eigenvalue weighted by atomic mass is 19.1. The van der Waals surface area contributed by atoms with Gasteiger partial charge in [0.15, 0.2) is 0 Å². The molecule has 0 spiro atoms. The van der Waals surface area contributed by atoms with Crippen molar-refractivity contribution in [2.75, 3.05) is 32.7 Å². The largest absolute Gasteiger partial charge is 0.300 e. The maximum Gasteiger partial charge on any atom is 0.141 e. The van der Waals surface area contributed by atoms with Gasteiger partial charge in [0.25, 0.3) is 0 Å². The van der Waals surface area contributed by atoms with Gasteiger partial charge in [-0.2, -0.15) is 5.10 Å². The minimum atomic E-state index is -0.338. The van der Waals surface area contributed by atoms with E-state index in [1.54, 1.807) is 18.3 Å². The summed E-state index contributed by atoms with van der Waals surface area (Å²) in [5, 5.41) is 4.30. The van der Waals surface area contributed by atoms with Gasteiger partial charge < -0.3 is 4.90 Å². The van der Waals surface area contributed by atoms with Crippen molar-refractivity contribution in [3.63, 3.8) is 0 Å². The first-order valence-corrected chi connectivity index (χ1v) is 9.91. The van der Waals surface area contributed by atoms with Crippen LogP contribution in [0.5, 0.6) is 0 Å². The number of halogens is 2. The predicted octanol–water partition coefficient (Wildman–Crippen LogP) is 3.04. The van der Waals surface area contributed by atoms with E-state index in [2.05, 4.69) is 19.9 Å². The van der Waals surface area contributed by atoms with E-state index in [9.17, 15) is 8.78 Å². The van der Waals surface area contributed by atoms with Crippen LogP contribution in [0.4, 0.5) is 8.78 Å². The molecule has 0 amide bonds. The third-order valence-electron chi connectivity index (χ3n) is 5.60. The number of nitrogens with zero attached hydrogens (tertiary/aromatic N) is 5. The third kappa shape index (κ3) is 4.52. The van der Waals surface area contributed by atoms with E-state index in [1.165, 1.54) is 18.3 Å². The van der Waals surface area contributed by atoms with E-state index in [0.29, 0.717) is 6.42 Å². The van der Waals surface area contributed by atoms with E-state index in [-0.39, 0.29) is 17.7 Å². The van der Waals surface area contributed by atoms with E-state index in [4.69, 9.17) is 0 Å². The van der Waals surface area contributed by atoms with E-state index >= 15 is 0 Å². The predicted molar refractivity (Wildman–Crippen MR) is 107 cm³/mol. The molecule has 3 heterocycles. The first kappa shape index (κ1) is 19.7. The molecule has 1 unspecified atom stereocenters. The van der Waals surface area contributed by atoms with E-state index < -0.39 is 0 Å². The van der Waals surface area contributed by atoms with Crippen molar-refractivity contribution in [3.8, 4) is 0 Å². The number of benzene rings is 1. The lowest BCUT2D eigenvalue weighted by atomic mass is 10.1. The molecule has 0 bridgehead atoms. The van der Waals surface area contributed by atoms with Crippen molar-refractivity contribution in [3.05, 3.63) is 83.4 Å². The molecular weight excluding hydrogens is 372 g/mol. The Morgan fingerprint density at radius 2 is 1.79 bits per heavy atom. The smallest absolute Gasteiger partial charge is 0.141 e. The van der Waals surface area contributed by atoms with Crippen molar-refractivity contribution in [1.82, 2.24) is 24.6 Å². The molecular formula is C22H25F2N5. The first-order valence-electron chi connectivity index (χ1n) is 9.91. The Hall–Kier alpha value is -2.64. The minimum absolute atomic E-state index is 0.0724. The number of hydrogen-bond donors (Lipinski definition) is 0. The maximum atomic E-state index is 13.9. The second-order valence-electron chi connectivity index (χ2n) is 7.40. The van der Waals surface area contributed by atoms with Crippen molar-refractivity contribution in [2.24, 2.45) is 7.05 Å². The van der Waals surface area contributed by atoms with Crippen LogP contribution < -0.4 is 0 Å². The Balaban J connectivity index is 1.43. The SMILES string of the molecule is Cn1nccc1C(c1ccc(F)cn1)N1CCN(CCc2ccccc2F)CC1. The van der Waals surface area contributed by atoms with Gasteiger partial charge in [-0.25, -0.2) is 8.78 Å². The van der Waals surface area contributed by atoms with Crippen molar-refractivity contribution < 1.29 is 8.78 Å². The summed E-state index contributed by atoms with van der Waals surface area (Å²) in [5.41, 5.74) is 2.61. The summed E-state index contributed by atoms with van der Waals surface area (Å²) < 4.78 is 29.1. The van der Waals surface area contributed by atoms with Crippen LogP contribution in [0.1, 0.15) is 23.0 Å². The molecule has 0 saturated carbocycles. The fourth-order valence-corrected chi connectivity index (χ4v) is 3.95. The molecule has 7 heteroatoms. The molecule has 0 N–H and O–H groups in total. The molecule has 1 aliphatic heterocycles. The molecule has 2 aromatic heterocycles. The average molecular weight is 397 g/mol.